The van der Waals surface area contributed by atoms with E-state index in [0.29, 0.717) is 0 Å². The van der Waals surface area contributed by atoms with Gasteiger partial charge >= 0.3 is 0 Å². The molecule has 1 aliphatic heterocycles. The molecule has 1 unspecified atom stereocenters. The van der Waals surface area contributed by atoms with Crippen LogP contribution in [0.15, 0.2) is 45.6 Å². The van der Waals surface area contributed by atoms with E-state index in [1.54, 1.807) is 10.8 Å². The Labute approximate surface area is 102 Å². The fourth-order valence-corrected chi connectivity index (χ4v) is 2.28. The third-order valence-electron chi connectivity index (χ3n) is 2.12. The smallest absolute Gasteiger partial charge is 0.271 e. The zero-order valence-electron chi connectivity index (χ0n) is 8.90. The van der Waals surface area contributed by atoms with Gasteiger partial charge < -0.3 is 0 Å². The second kappa shape index (κ2) is 4.53. The molecule has 94 valence electrons. The third kappa shape index (κ3) is 2.35. The lowest BCUT2D eigenvalue weighted by atomic mass is 10.3. The first-order chi connectivity index (χ1) is 8.50. The quantitative estimate of drug-likeness (QED) is 0.709. The number of carbonyl (C=O) groups excluding carboxylic acids is 2. The van der Waals surface area contributed by atoms with Crippen molar-refractivity contribution < 1.29 is 18.0 Å². The number of sulfonamides is 1. The van der Waals surface area contributed by atoms with Crippen LogP contribution in [0.4, 0.5) is 0 Å². The van der Waals surface area contributed by atoms with Crippen molar-refractivity contribution >= 4 is 21.8 Å². The highest BCUT2D eigenvalue weighted by Gasteiger charge is 2.33. The van der Waals surface area contributed by atoms with E-state index in [-0.39, 0.29) is 4.90 Å². The largest absolute Gasteiger partial charge is 0.278 e. The lowest BCUT2D eigenvalue weighted by Gasteiger charge is -2.07. The molecule has 0 saturated carbocycles. The Kier molecular flexibility index (Phi) is 3.06. The van der Waals surface area contributed by atoms with Crippen LogP contribution in [0.1, 0.15) is 0 Å². The summed E-state index contributed by atoms with van der Waals surface area (Å²) < 4.78 is 25.3. The van der Waals surface area contributed by atoms with E-state index in [4.69, 9.17) is 0 Å². The molecule has 1 heterocycles. The standard InChI is InChI=1S/C9H8N4O4S/c14-8-7(10-13-11-8)9(15)12-18(16,17)6-4-2-1-3-5-6/h1-5,7H,(H,12,15)(H,10,11,14). The van der Waals surface area contributed by atoms with Gasteiger partial charge in [-0.1, -0.05) is 23.4 Å². The summed E-state index contributed by atoms with van der Waals surface area (Å²) in [5.41, 5.74) is 1.94. The fraction of sp³-hybridized carbons (Fsp3) is 0.111. The maximum Gasteiger partial charge on any atom is 0.278 e. The summed E-state index contributed by atoms with van der Waals surface area (Å²) in [4.78, 5) is 22.5. The lowest BCUT2D eigenvalue weighted by molar-refractivity contribution is -0.128. The molecule has 9 heteroatoms. The average molecular weight is 268 g/mol. The molecular weight excluding hydrogens is 260 g/mol. The first kappa shape index (κ1) is 12.2. The SMILES string of the molecule is O=C1NN=NC1C(=O)NS(=O)(=O)c1ccccc1. The van der Waals surface area contributed by atoms with Gasteiger partial charge in [0.2, 0.25) is 6.04 Å². The first-order valence-electron chi connectivity index (χ1n) is 4.82. The van der Waals surface area contributed by atoms with E-state index < -0.39 is 27.9 Å². The van der Waals surface area contributed by atoms with Crippen LogP contribution in [0, 0.1) is 0 Å². The number of nitrogens with zero attached hydrogens (tertiary/aromatic N) is 2. The van der Waals surface area contributed by atoms with Crippen molar-refractivity contribution in [3.05, 3.63) is 30.3 Å². The van der Waals surface area contributed by atoms with Crippen LogP contribution in [-0.2, 0) is 19.6 Å². The van der Waals surface area contributed by atoms with Crippen LogP contribution in [0.2, 0.25) is 0 Å². The van der Waals surface area contributed by atoms with E-state index in [1.165, 1.54) is 24.3 Å². The van der Waals surface area contributed by atoms with Gasteiger partial charge in [-0.15, -0.1) is 5.11 Å². The van der Waals surface area contributed by atoms with Gasteiger partial charge in [-0.2, -0.15) is 0 Å². The molecule has 0 aliphatic carbocycles. The number of benzene rings is 1. The average Bonchev–Trinajstić information content (AvgIpc) is 2.76. The number of hydrogen-bond acceptors (Lipinski definition) is 6. The molecule has 0 radical (unpaired) electrons. The molecule has 1 atom stereocenters. The van der Waals surface area contributed by atoms with E-state index in [2.05, 4.69) is 10.3 Å². The van der Waals surface area contributed by atoms with Gasteiger partial charge in [-0.05, 0) is 12.1 Å². The minimum Gasteiger partial charge on any atom is -0.271 e. The molecule has 2 amide bonds. The van der Waals surface area contributed by atoms with E-state index >= 15 is 0 Å². The fourth-order valence-electron chi connectivity index (χ4n) is 1.27. The van der Waals surface area contributed by atoms with Crippen LogP contribution < -0.4 is 10.1 Å². The highest BCUT2D eigenvalue weighted by molar-refractivity contribution is 7.90. The monoisotopic (exact) mass is 268 g/mol. The number of carbonyl (C=O) groups is 2. The van der Waals surface area contributed by atoms with Crippen molar-refractivity contribution in [3.63, 3.8) is 0 Å². The van der Waals surface area contributed by atoms with Crippen molar-refractivity contribution in [1.82, 2.24) is 10.1 Å². The maximum atomic E-state index is 11.8. The predicted octanol–water partition coefficient (Wildman–Crippen LogP) is -0.643. The number of amides is 2. The molecule has 1 aliphatic rings. The maximum absolute atomic E-state index is 11.8. The summed E-state index contributed by atoms with van der Waals surface area (Å²) in [7, 11) is -4.00. The van der Waals surface area contributed by atoms with E-state index in [0.717, 1.165) is 0 Å². The zero-order chi connectivity index (χ0) is 13.2. The van der Waals surface area contributed by atoms with Gasteiger partial charge in [-0.3, -0.25) is 9.59 Å². The van der Waals surface area contributed by atoms with Gasteiger partial charge in [0.1, 0.15) is 0 Å². The molecule has 1 aromatic carbocycles. The Bertz CT molecular complexity index is 611. The topological polar surface area (TPSA) is 117 Å². The molecule has 1 aromatic rings. The normalized spacial score (nSPS) is 18.4. The van der Waals surface area contributed by atoms with Crippen LogP contribution in [-0.4, -0.2) is 26.3 Å². The summed E-state index contributed by atoms with van der Waals surface area (Å²) in [6.07, 6.45) is 0. The molecule has 0 aromatic heterocycles. The van der Waals surface area contributed by atoms with Crippen molar-refractivity contribution in [2.75, 3.05) is 0 Å². The second-order valence-electron chi connectivity index (χ2n) is 3.38. The van der Waals surface area contributed by atoms with Gasteiger partial charge in [0.05, 0.1) is 4.90 Å². The van der Waals surface area contributed by atoms with Crippen molar-refractivity contribution in [2.45, 2.75) is 10.9 Å². The summed E-state index contributed by atoms with van der Waals surface area (Å²) >= 11 is 0. The molecule has 0 spiro atoms. The lowest BCUT2D eigenvalue weighted by Crippen LogP contribution is -2.42. The van der Waals surface area contributed by atoms with Gasteiger partial charge in [0.15, 0.2) is 0 Å². The minimum absolute atomic E-state index is 0.0753. The number of nitrogens with one attached hydrogen (secondary N) is 2. The molecular formula is C9H8N4O4S. The van der Waals surface area contributed by atoms with Crippen molar-refractivity contribution in [3.8, 4) is 0 Å². The van der Waals surface area contributed by atoms with Gasteiger partial charge in [0, 0.05) is 0 Å². The van der Waals surface area contributed by atoms with Gasteiger partial charge in [-0.25, -0.2) is 18.6 Å². The summed E-state index contributed by atoms with van der Waals surface area (Å²) in [5.74, 6) is -1.81. The Hall–Kier alpha value is -2.29. The van der Waals surface area contributed by atoms with Crippen LogP contribution >= 0.6 is 0 Å². The van der Waals surface area contributed by atoms with Crippen LogP contribution in [0.25, 0.3) is 0 Å². The number of hydrogen-bond donors (Lipinski definition) is 2. The minimum atomic E-state index is -4.00. The van der Waals surface area contributed by atoms with E-state index in [9.17, 15) is 18.0 Å². The van der Waals surface area contributed by atoms with E-state index in [1.807, 2.05) is 5.43 Å². The molecule has 2 rings (SSSR count). The summed E-state index contributed by atoms with van der Waals surface area (Å²) in [5, 5.41) is 6.42. The molecule has 0 bridgehead atoms. The predicted molar refractivity (Wildman–Crippen MR) is 58.6 cm³/mol. The number of rotatable bonds is 3. The second-order valence-corrected chi connectivity index (χ2v) is 5.06. The molecule has 0 saturated heterocycles. The Morgan fingerprint density at radius 1 is 1.28 bits per heavy atom. The Morgan fingerprint density at radius 3 is 2.50 bits per heavy atom. The molecule has 8 nitrogen and oxygen atoms in total. The molecule has 2 N–H and O–H groups in total. The first-order valence-corrected chi connectivity index (χ1v) is 6.30. The van der Waals surface area contributed by atoms with Crippen LogP contribution in [0.3, 0.4) is 0 Å². The zero-order valence-corrected chi connectivity index (χ0v) is 9.72. The Morgan fingerprint density at radius 2 is 1.94 bits per heavy atom. The van der Waals surface area contributed by atoms with Gasteiger partial charge in [0.25, 0.3) is 21.8 Å². The van der Waals surface area contributed by atoms with Crippen molar-refractivity contribution in [2.24, 2.45) is 10.3 Å². The summed E-state index contributed by atoms with van der Waals surface area (Å²) in [6.45, 7) is 0. The molecule has 0 fully saturated rings. The van der Waals surface area contributed by atoms with Crippen LogP contribution in [0.5, 0.6) is 0 Å². The highest BCUT2D eigenvalue weighted by atomic mass is 32.2. The Balaban J connectivity index is 2.17. The third-order valence-corrected chi connectivity index (χ3v) is 3.48. The highest BCUT2D eigenvalue weighted by Crippen LogP contribution is 2.08. The molecule has 18 heavy (non-hydrogen) atoms. The summed E-state index contributed by atoms with van der Waals surface area (Å²) in [6, 6.07) is 5.85. The van der Waals surface area contributed by atoms with Crippen molar-refractivity contribution in [1.29, 1.82) is 0 Å².